The molecule has 5 nitrogen and oxygen atoms in total. The minimum atomic E-state index is -0.266. The molecule has 0 saturated carbocycles. The Labute approximate surface area is 142 Å². The Kier molecular flexibility index (Phi) is 6.87. The van der Waals surface area contributed by atoms with E-state index in [4.69, 9.17) is 5.73 Å². The van der Waals surface area contributed by atoms with Crippen LogP contribution in [0, 0.1) is 0 Å². The molecule has 1 aromatic carbocycles. The first-order valence-electron chi connectivity index (χ1n) is 6.83. The zero-order valence-corrected chi connectivity index (χ0v) is 13.7. The van der Waals surface area contributed by atoms with Gasteiger partial charge in [0.25, 0.3) is 0 Å². The van der Waals surface area contributed by atoms with Gasteiger partial charge in [0.05, 0.1) is 12.5 Å². The molecule has 22 heavy (non-hydrogen) atoms. The molecular formula is C15H20Cl2N4O. The van der Waals surface area contributed by atoms with Gasteiger partial charge in [-0.3, -0.25) is 4.79 Å². The predicted molar refractivity (Wildman–Crippen MR) is 90.4 cm³/mol. The molecule has 1 amide bonds. The topological polar surface area (TPSA) is 64.2 Å². The Morgan fingerprint density at radius 2 is 1.95 bits per heavy atom. The van der Waals surface area contributed by atoms with Gasteiger partial charge in [-0.2, -0.15) is 0 Å². The highest BCUT2D eigenvalue weighted by Crippen LogP contribution is 2.20. The van der Waals surface area contributed by atoms with Gasteiger partial charge >= 0.3 is 0 Å². The number of carbonyl (C=O) groups excluding carboxylic acids is 1. The molecule has 2 N–H and O–H groups in total. The summed E-state index contributed by atoms with van der Waals surface area (Å²) in [7, 11) is 0. The zero-order valence-electron chi connectivity index (χ0n) is 12.1. The molecule has 3 rings (SSSR count). The summed E-state index contributed by atoms with van der Waals surface area (Å²) in [5, 5.41) is 0. The lowest BCUT2D eigenvalue weighted by Gasteiger charge is -2.30. The van der Waals surface area contributed by atoms with Gasteiger partial charge in [-0.25, -0.2) is 4.98 Å². The molecule has 0 saturated heterocycles. The number of benzene rings is 1. The zero-order chi connectivity index (χ0) is 13.9. The first kappa shape index (κ1) is 18.5. The average molecular weight is 343 g/mol. The Morgan fingerprint density at radius 3 is 2.64 bits per heavy atom. The number of hydrogen-bond acceptors (Lipinski definition) is 3. The van der Waals surface area contributed by atoms with E-state index in [1.807, 2.05) is 41.4 Å². The number of halogens is 2. The summed E-state index contributed by atoms with van der Waals surface area (Å²) in [5.74, 6) is 0.763. The van der Waals surface area contributed by atoms with Gasteiger partial charge in [-0.15, -0.1) is 24.8 Å². The number of imidazole rings is 1. The van der Waals surface area contributed by atoms with Crippen LogP contribution >= 0.6 is 24.8 Å². The predicted octanol–water partition coefficient (Wildman–Crippen LogP) is 1.81. The third-order valence-corrected chi connectivity index (χ3v) is 3.79. The molecule has 0 bridgehead atoms. The van der Waals surface area contributed by atoms with Gasteiger partial charge in [-0.1, -0.05) is 30.3 Å². The number of aromatic nitrogens is 2. The number of nitrogens with zero attached hydrogens (tertiary/aromatic N) is 3. The van der Waals surface area contributed by atoms with E-state index in [0.717, 1.165) is 17.9 Å². The van der Waals surface area contributed by atoms with E-state index in [0.29, 0.717) is 19.6 Å². The van der Waals surface area contributed by atoms with Crippen LogP contribution in [0.2, 0.25) is 0 Å². The van der Waals surface area contributed by atoms with Crippen molar-refractivity contribution in [3.05, 3.63) is 54.1 Å². The van der Waals surface area contributed by atoms with Crippen molar-refractivity contribution in [1.82, 2.24) is 14.5 Å². The minimum absolute atomic E-state index is 0. The van der Waals surface area contributed by atoms with E-state index in [1.54, 1.807) is 6.20 Å². The Balaban J connectivity index is 0.00000121. The SMILES string of the molecule is Cl.Cl.NCC(C(=O)N1CCn2ccnc2C1)c1ccccc1. The van der Waals surface area contributed by atoms with E-state index in [2.05, 4.69) is 9.55 Å². The van der Waals surface area contributed by atoms with Crippen LogP contribution in [-0.4, -0.2) is 33.4 Å². The van der Waals surface area contributed by atoms with Crippen molar-refractivity contribution in [1.29, 1.82) is 0 Å². The summed E-state index contributed by atoms with van der Waals surface area (Å²) in [6, 6.07) is 9.74. The third kappa shape index (κ3) is 3.61. The molecule has 1 unspecified atom stereocenters. The normalized spacial score (nSPS) is 14.3. The van der Waals surface area contributed by atoms with Crippen molar-refractivity contribution in [2.75, 3.05) is 13.1 Å². The summed E-state index contributed by atoms with van der Waals surface area (Å²) in [4.78, 5) is 18.8. The molecule has 2 aromatic rings. The molecule has 7 heteroatoms. The van der Waals surface area contributed by atoms with E-state index in [1.165, 1.54) is 0 Å². The van der Waals surface area contributed by atoms with Crippen LogP contribution in [-0.2, 0) is 17.9 Å². The molecular weight excluding hydrogens is 323 g/mol. The molecule has 1 aromatic heterocycles. The molecule has 0 spiro atoms. The number of amides is 1. The summed E-state index contributed by atoms with van der Waals surface area (Å²) in [5.41, 5.74) is 6.80. The van der Waals surface area contributed by atoms with Crippen molar-refractivity contribution in [3.8, 4) is 0 Å². The lowest BCUT2D eigenvalue weighted by Crippen LogP contribution is -2.42. The fourth-order valence-corrected chi connectivity index (χ4v) is 2.65. The standard InChI is InChI=1S/C15H18N4O.2ClH/c16-10-13(12-4-2-1-3-5-12)15(20)19-9-8-18-7-6-17-14(18)11-19;;/h1-7,13H,8-11,16H2;2*1H. The largest absolute Gasteiger partial charge is 0.333 e. The van der Waals surface area contributed by atoms with E-state index in [9.17, 15) is 4.79 Å². The molecule has 1 aliphatic heterocycles. The van der Waals surface area contributed by atoms with Crippen molar-refractivity contribution in [3.63, 3.8) is 0 Å². The Hall–Kier alpha value is -1.56. The second kappa shape index (κ2) is 8.17. The number of nitrogens with two attached hydrogens (primary N) is 1. The van der Waals surface area contributed by atoms with Crippen LogP contribution in [0.5, 0.6) is 0 Å². The summed E-state index contributed by atoms with van der Waals surface area (Å²) < 4.78 is 2.09. The molecule has 0 radical (unpaired) electrons. The number of hydrogen-bond donors (Lipinski definition) is 1. The average Bonchev–Trinajstić information content (AvgIpc) is 2.96. The second-order valence-corrected chi connectivity index (χ2v) is 5.00. The first-order chi connectivity index (χ1) is 9.79. The van der Waals surface area contributed by atoms with Gasteiger partial charge in [0, 0.05) is 32.0 Å². The van der Waals surface area contributed by atoms with Crippen LogP contribution in [0.15, 0.2) is 42.7 Å². The van der Waals surface area contributed by atoms with Gasteiger partial charge in [-0.05, 0) is 5.56 Å². The maximum atomic E-state index is 12.7. The highest BCUT2D eigenvalue weighted by Gasteiger charge is 2.27. The van der Waals surface area contributed by atoms with Gasteiger partial charge in [0.1, 0.15) is 5.82 Å². The maximum Gasteiger partial charge on any atom is 0.231 e. The van der Waals surface area contributed by atoms with Gasteiger partial charge in [0.15, 0.2) is 0 Å². The molecule has 1 atom stereocenters. The van der Waals surface area contributed by atoms with Crippen molar-refractivity contribution >= 4 is 30.7 Å². The van der Waals surface area contributed by atoms with E-state index in [-0.39, 0.29) is 36.6 Å². The van der Waals surface area contributed by atoms with Crippen molar-refractivity contribution in [2.45, 2.75) is 19.0 Å². The third-order valence-electron chi connectivity index (χ3n) is 3.79. The number of carbonyl (C=O) groups is 1. The molecule has 1 aliphatic rings. The maximum absolute atomic E-state index is 12.7. The first-order valence-corrected chi connectivity index (χ1v) is 6.83. The fourth-order valence-electron chi connectivity index (χ4n) is 2.65. The quantitative estimate of drug-likeness (QED) is 0.925. The summed E-state index contributed by atoms with van der Waals surface area (Å²) in [6.45, 7) is 2.40. The Bertz CT molecular complexity index is 603. The van der Waals surface area contributed by atoms with Crippen LogP contribution in [0.25, 0.3) is 0 Å². The monoisotopic (exact) mass is 342 g/mol. The van der Waals surface area contributed by atoms with Crippen molar-refractivity contribution in [2.24, 2.45) is 5.73 Å². The molecule has 0 aliphatic carbocycles. The van der Waals surface area contributed by atoms with Crippen LogP contribution in [0.4, 0.5) is 0 Å². The number of fused-ring (bicyclic) bond motifs is 1. The van der Waals surface area contributed by atoms with E-state index < -0.39 is 0 Å². The summed E-state index contributed by atoms with van der Waals surface area (Å²) in [6.07, 6.45) is 3.73. The van der Waals surface area contributed by atoms with E-state index >= 15 is 0 Å². The van der Waals surface area contributed by atoms with Crippen molar-refractivity contribution < 1.29 is 4.79 Å². The van der Waals surface area contributed by atoms with Crippen LogP contribution < -0.4 is 5.73 Å². The molecule has 2 heterocycles. The van der Waals surface area contributed by atoms with Crippen LogP contribution in [0.3, 0.4) is 0 Å². The highest BCUT2D eigenvalue weighted by atomic mass is 35.5. The fraction of sp³-hybridized carbons (Fsp3) is 0.333. The molecule has 120 valence electrons. The molecule has 0 fully saturated rings. The van der Waals surface area contributed by atoms with Gasteiger partial charge < -0.3 is 15.2 Å². The summed E-state index contributed by atoms with van der Waals surface area (Å²) >= 11 is 0. The van der Waals surface area contributed by atoms with Crippen LogP contribution in [0.1, 0.15) is 17.3 Å². The van der Waals surface area contributed by atoms with Gasteiger partial charge in [0.2, 0.25) is 5.91 Å². The lowest BCUT2D eigenvalue weighted by molar-refractivity contribution is -0.134. The minimum Gasteiger partial charge on any atom is -0.333 e. The number of rotatable bonds is 3. The highest BCUT2D eigenvalue weighted by molar-refractivity contribution is 5.85. The smallest absolute Gasteiger partial charge is 0.231 e. The second-order valence-electron chi connectivity index (χ2n) is 5.00. The lowest BCUT2D eigenvalue weighted by atomic mass is 9.97. The Morgan fingerprint density at radius 1 is 1.23 bits per heavy atom.